The van der Waals surface area contributed by atoms with Gasteiger partial charge in [-0.2, -0.15) is 0 Å². The van der Waals surface area contributed by atoms with Gasteiger partial charge in [0.25, 0.3) is 0 Å². The molecule has 2 N–H and O–H groups in total. The normalized spacial score (nSPS) is 10.5. The van der Waals surface area contributed by atoms with E-state index in [2.05, 4.69) is 17.9 Å². The van der Waals surface area contributed by atoms with Gasteiger partial charge in [0.05, 0.1) is 0 Å². The maximum Gasteiger partial charge on any atom is 0.123 e. The summed E-state index contributed by atoms with van der Waals surface area (Å²) in [5.41, 5.74) is 10.4. The minimum Gasteiger partial charge on any atom is -0.370 e. The third kappa shape index (κ3) is 3.12. The first-order valence-electron chi connectivity index (χ1n) is 6.36. The van der Waals surface area contributed by atoms with E-state index in [1.807, 2.05) is 31.3 Å². The second-order valence-corrected chi connectivity index (χ2v) is 4.77. The van der Waals surface area contributed by atoms with Crippen LogP contribution in [0.2, 0.25) is 0 Å². The molecule has 2 aromatic rings. The SMILES string of the molecule is Cc1cccc(CN)c1N(C)Cc1ccc(F)cc1. The number of benzene rings is 2. The molecule has 2 nitrogen and oxygen atoms in total. The lowest BCUT2D eigenvalue weighted by Gasteiger charge is -2.24. The van der Waals surface area contributed by atoms with Crippen LogP contribution >= 0.6 is 0 Å². The van der Waals surface area contributed by atoms with E-state index in [4.69, 9.17) is 5.73 Å². The van der Waals surface area contributed by atoms with E-state index < -0.39 is 0 Å². The van der Waals surface area contributed by atoms with E-state index in [0.29, 0.717) is 6.54 Å². The molecule has 0 spiro atoms. The summed E-state index contributed by atoms with van der Waals surface area (Å²) in [6, 6.07) is 12.8. The van der Waals surface area contributed by atoms with Gasteiger partial charge in [-0.15, -0.1) is 0 Å². The van der Waals surface area contributed by atoms with Gasteiger partial charge in [-0.05, 0) is 35.7 Å². The minimum absolute atomic E-state index is 0.204. The molecule has 2 rings (SSSR count). The monoisotopic (exact) mass is 258 g/mol. The average molecular weight is 258 g/mol. The van der Waals surface area contributed by atoms with Gasteiger partial charge in [0.15, 0.2) is 0 Å². The molecule has 0 saturated heterocycles. The molecular weight excluding hydrogens is 239 g/mol. The standard InChI is InChI=1S/C16H19FN2/c1-12-4-3-5-14(10-18)16(12)19(2)11-13-6-8-15(17)9-7-13/h3-9H,10-11,18H2,1-2H3. The molecule has 0 aliphatic rings. The molecule has 0 bridgehead atoms. The maximum atomic E-state index is 12.9. The third-order valence-corrected chi connectivity index (χ3v) is 3.26. The Kier molecular flexibility index (Phi) is 4.17. The number of para-hydroxylation sites is 1. The number of hydrogen-bond acceptors (Lipinski definition) is 2. The summed E-state index contributed by atoms with van der Waals surface area (Å²) in [7, 11) is 2.03. The van der Waals surface area contributed by atoms with Crippen LogP contribution in [0.1, 0.15) is 16.7 Å². The van der Waals surface area contributed by atoms with Crippen molar-refractivity contribution >= 4 is 5.69 Å². The van der Waals surface area contributed by atoms with Crippen LogP contribution in [0.25, 0.3) is 0 Å². The molecule has 0 aromatic heterocycles. The van der Waals surface area contributed by atoms with Crippen molar-refractivity contribution < 1.29 is 4.39 Å². The highest BCUT2D eigenvalue weighted by molar-refractivity contribution is 5.59. The molecule has 3 heteroatoms. The summed E-state index contributed by atoms with van der Waals surface area (Å²) in [6.07, 6.45) is 0. The largest absolute Gasteiger partial charge is 0.370 e. The van der Waals surface area contributed by atoms with E-state index in [9.17, 15) is 4.39 Å². The predicted octanol–water partition coefficient (Wildman–Crippen LogP) is 3.23. The second kappa shape index (κ2) is 5.85. The molecule has 0 unspecified atom stereocenters. The minimum atomic E-state index is -0.204. The molecule has 0 atom stereocenters. The number of aryl methyl sites for hydroxylation is 1. The van der Waals surface area contributed by atoms with Crippen LogP contribution in [-0.4, -0.2) is 7.05 Å². The Balaban J connectivity index is 2.24. The summed E-state index contributed by atoms with van der Waals surface area (Å²) in [6.45, 7) is 3.33. The van der Waals surface area contributed by atoms with Gasteiger partial charge in [-0.1, -0.05) is 30.3 Å². The van der Waals surface area contributed by atoms with Crippen LogP contribution in [0.5, 0.6) is 0 Å². The molecule has 0 radical (unpaired) electrons. The number of anilines is 1. The molecule has 0 aliphatic carbocycles. The van der Waals surface area contributed by atoms with Crippen molar-refractivity contribution in [2.45, 2.75) is 20.0 Å². The first-order chi connectivity index (χ1) is 9.11. The summed E-state index contributed by atoms with van der Waals surface area (Å²) in [5, 5.41) is 0. The first kappa shape index (κ1) is 13.6. The van der Waals surface area contributed by atoms with Crippen LogP contribution in [0, 0.1) is 12.7 Å². The van der Waals surface area contributed by atoms with Gasteiger partial charge in [0.2, 0.25) is 0 Å². The zero-order chi connectivity index (χ0) is 13.8. The number of hydrogen-bond donors (Lipinski definition) is 1. The van der Waals surface area contributed by atoms with Crippen molar-refractivity contribution in [1.29, 1.82) is 0 Å². The molecular formula is C16H19FN2. The van der Waals surface area contributed by atoms with Crippen LogP contribution in [-0.2, 0) is 13.1 Å². The topological polar surface area (TPSA) is 29.3 Å². The number of nitrogens with zero attached hydrogens (tertiary/aromatic N) is 1. The lowest BCUT2D eigenvalue weighted by Crippen LogP contribution is -2.20. The smallest absolute Gasteiger partial charge is 0.123 e. The Labute approximate surface area is 113 Å². The molecule has 2 aromatic carbocycles. The number of rotatable bonds is 4. The maximum absolute atomic E-state index is 12.9. The Morgan fingerprint density at radius 3 is 2.42 bits per heavy atom. The van der Waals surface area contributed by atoms with E-state index in [1.165, 1.54) is 17.7 Å². The van der Waals surface area contributed by atoms with Gasteiger partial charge >= 0.3 is 0 Å². The summed E-state index contributed by atoms with van der Waals surface area (Å²) in [5.74, 6) is -0.204. The fraction of sp³-hybridized carbons (Fsp3) is 0.250. The van der Waals surface area contributed by atoms with Crippen molar-refractivity contribution in [1.82, 2.24) is 0 Å². The van der Waals surface area contributed by atoms with E-state index in [1.54, 1.807) is 0 Å². The Morgan fingerprint density at radius 1 is 1.11 bits per heavy atom. The molecule has 0 amide bonds. The fourth-order valence-electron chi connectivity index (χ4n) is 2.37. The number of nitrogens with two attached hydrogens (primary N) is 1. The van der Waals surface area contributed by atoms with Gasteiger partial charge in [0, 0.05) is 25.8 Å². The van der Waals surface area contributed by atoms with Crippen molar-refractivity contribution in [2.75, 3.05) is 11.9 Å². The van der Waals surface area contributed by atoms with Crippen molar-refractivity contribution in [2.24, 2.45) is 5.73 Å². The Hall–Kier alpha value is -1.87. The zero-order valence-electron chi connectivity index (χ0n) is 11.4. The van der Waals surface area contributed by atoms with Gasteiger partial charge < -0.3 is 10.6 Å². The molecule has 0 aliphatic heterocycles. The summed E-state index contributed by atoms with van der Waals surface area (Å²) in [4.78, 5) is 2.16. The first-order valence-corrected chi connectivity index (χ1v) is 6.36. The van der Waals surface area contributed by atoms with E-state index >= 15 is 0 Å². The van der Waals surface area contributed by atoms with Gasteiger partial charge in [-0.3, -0.25) is 0 Å². The Morgan fingerprint density at radius 2 is 1.79 bits per heavy atom. The Bertz CT molecular complexity index is 549. The van der Waals surface area contributed by atoms with Crippen molar-refractivity contribution in [3.05, 3.63) is 65.0 Å². The van der Waals surface area contributed by atoms with Crippen LogP contribution in [0.15, 0.2) is 42.5 Å². The quantitative estimate of drug-likeness (QED) is 0.912. The van der Waals surface area contributed by atoms with Crippen molar-refractivity contribution in [3.8, 4) is 0 Å². The van der Waals surface area contributed by atoms with Crippen LogP contribution in [0.3, 0.4) is 0 Å². The lowest BCUT2D eigenvalue weighted by atomic mass is 10.1. The number of halogens is 1. The highest BCUT2D eigenvalue weighted by Crippen LogP contribution is 2.25. The lowest BCUT2D eigenvalue weighted by molar-refractivity contribution is 0.627. The molecule has 19 heavy (non-hydrogen) atoms. The van der Waals surface area contributed by atoms with Gasteiger partial charge in [-0.25, -0.2) is 4.39 Å². The highest BCUT2D eigenvalue weighted by Gasteiger charge is 2.09. The summed E-state index contributed by atoms with van der Waals surface area (Å²) >= 11 is 0. The molecule has 0 fully saturated rings. The predicted molar refractivity (Wildman–Crippen MR) is 77.6 cm³/mol. The molecule has 0 heterocycles. The second-order valence-electron chi connectivity index (χ2n) is 4.77. The van der Waals surface area contributed by atoms with E-state index in [0.717, 1.165) is 23.4 Å². The summed E-state index contributed by atoms with van der Waals surface area (Å²) < 4.78 is 12.9. The van der Waals surface area contributed by atoms with E-state index in [-0.39, 0.29) is 5.82 Å². The van der Waals surface area contributed by atoms with Gasteiger partial charge in [0.1, 0.15) is 5.82 Å². The van der Waals surface area contributed by atoms with Crippen LogP contribution in [0.4, 0.5) is 10.1 Å². The molecule has 100 valence electrons. The highest BCUT2D eigenvalue weighted by atomic mass is 19.1. The average Bonchev–Trinajstić information content (AvgIpc) is 2.40. The van der Waals surface area contributed by atoms with Crippen LogP contribution < -0.4 is 10.6 Å². The zero-order valence-corrected chi connectivity index (χ0v) is 11.4. The third-order valence-electron chi connectivity index (χ3n) is 3.26. The molecule has 0 saturated carbocycles. The fourth-order valence-corrected chi connectivity index (χ4v) is 2.37. The van der Waals surface area contributed by atoms with Crippen molar-refractivity contribution in [3.63, 3.8) is 0 Å².